The highest BCUT2D eigenvalue weighted by molar-refractivity contribution is 7.90. The number of para-hydroxylation sites is 1. The molecule has 1 aliphatic heterocycles. The lowest BCUT2D eigenvalue weighted by Crippen LogP contribution is -2.50. The molecule has 0 aliphatic carbocycles. The van der Waals surface area contributed by atoms with Gasteiger partial charge in [-0.05, 0) is 43.7 Å². The summed E-state index contributed by atoms with van der Waals surface area (Å²) in [7, 11) is 0.729. The normalized spacial score (nSPS) is 16.6. The lowest BCUT2D eigenvalue weighted by Gasteiger charge is -2.40. The van der Waals surface area contributed by atoms with Crippen LogP contribution in [0.15, 0.2) is 54.6 Å². The van der Waals surface area contributed by atoms with E-state index in [1.807, 2.05) is 20.2 Å². The van der Waals surface area contributed by atoms with Crippen LogP contribution in [0.5, 0.6) is 0 Å². The molecule has 3 rings (SSSR count). The molecule has 0 saturated carbocycles. The SMILES string of the molecule is CC(C)S(=O)(=O)NCC(c1ccc(N(C)C)cc1)N1CCN(c2ccccc2)CC1. The van der Waals surface area contributed by atoms with Crippen LogP contribution in [0, 0.1) is 0 Å². The van der Waals surface area contributed by atoms with Gasteiger partial charge in [0.25, 0.3) is 0 Å². The van der Waals surface area contributed by atoms with Gasteiger partial charge in [-0.3, -0.25) is 4.90 Å². The van der Waals surface area contributed by atoms with E-state index in [1.165, 1.54) is 5.69 Å². The maximum Gasteiger partial charge on any atom is 0.213 e. The van der Waals surface area contributed by atoms with E-state index < -0.39 is 15.3 Å². The van der Waals surface area contributed by atoms with E-state index >= 15 is 0 Å². The molecule has 2 aromatic carbocycles. The summed E-state index contributed by atoms with van der Waals surface area (Å²) in [5, 5.41) is -0.441. The van der Waals surface area contributed by atoms with E-state index in [2.05, 4.69) is 68.0 Å². The number of hydrogen-bond donors (Lipinski definition) is 1. The van der Waals surface area contributed by atoms with Crippen molar-refractivity contribution in [3.63, 3.8) is 0 Å². The Bertz CT molecular complexity index is 891. The molecule has 1 aliphatic rings. The van der Waals surface area contributed by atoms with Gasteiger partial charge in [0.2, 0.25) is 10.0 Å². The number of anilines is 2. The van der Waals surface area contributed by atoms with Gasteiger partial charge in [-0.25, -0.2) is 13.1 Å². The number of nitrogens with one attached hydrogen (secondary N) is 1. The van der Waals surface area contributed by atoms with Crippen LogP contribution in [-0.2, 0) is 10.0 Å². The molecular formula is C23H34N4O2S. The Balaban J connectivity index is 1.75. The molecule has 0 aromatic heterocycles. The smallest absolute Gasteiger partial charge is 0.213 e. The highest BCUT2D eigenvalue weighted by Gasteiger charge is 2.27. The Labute approximate surface area is 181 Å². The molecule has 1 N–H and O–H groups in total. The third kappa shape index (κ3) is 5.53. The fourth-order valence-corrected chi connectivity index (χ4v) is 4.47. The van der Waals surface area contributed by atoms with Crippen molar-refractivity contribution < 1.29 is 8.42 Å². The van der Waals surface area contributed by atoms with Gasteiger partial charge in [-0.15, -0.1) is 0 Å². The van der Waals surface area contributed by atoms with Crippen LogP contribution in [-0.4, -0.2) is 65.4 Å². The van der Waals surface area contributed by atoms with E-state index in [0.717, 1.165) is 37.4 Å². The fourth-order valence-electron chi connectivity index (χ4n) is 3.74. The minimum Gasteiger partial charge on any atom is -0.378 e. The van der Waals surface area contributed by atoms with Crippen molar-refractivity contribution in [2.75, 3.05) is 56.6 Å². The zero-order chi connectivity index (χ0) is 21.7. The molecule has 0 bridgehead atoms. The lowest BCUT2D eigenvalue weighted by molar-refractivity contribution is 0.187. The first kappa shape index (κ1) is 22.6. The minimum atomic E-state index is -3.31. The maximum atomic E-state index is 12.4. The van der Waals surface area contributed by atoms with Gasteiger partial charge >= 0.3 is 0 Å². The molecular weight excluding hydrogens is 396 g/mol. The van der Waals surface area contributed by atoms with Gasteiger partial charge < -0.3 is 9.80 Å². The molecule has 0 radical (unpaired) electrons. The van der Waals surface area contributed by atoms with E-state index in [4.69, 9.17) is 0 Å². The van der Waals surface area contributed by atoms with Crippen molar-refractivity contribution in [2.45, 2.75) is 25.1 Å². The van der Waals surface area contributed by atoms with Gasteiger partial charge in [0.15, 0.2) is 0 Å². The number of rotatable bonds is 8. The van der Waals surface area contributed by atoms with Crippen LogP contribution in [0.25, 0.3) is 0 Å². The molecule has 1 heterocycles. The summed E-state index contributed by atoms with van der Waals surface area (Å²) in [6.45, 7) is 7.42. The summed E-state index contributed by atoms with van der Waals surface area (Å²) in [6, 6.07) is 18.9. The van der Waals surface area contributed by atoms with Crippen LogP contribution in [0.1, 0.15) is 25.5 Å². The third-order valence-electron chi connectivity index (χ3n) is 5.77. The molecule has 0 spiro atoms. The van der Waals surface area contributed by atoms with E-state index in [-0.39, 0.29) is 6.04 Å². The first-order valence-electron chi connectivity index (χ1n) is 10.6. The van der Waals surface area contributed by atoms with Crippen molar-refractivity contribution in [1.29, 1.82) is 0 Å². The van der Waals surface area contributed by atoms with Crippen molar-refractivity contribution >= 4 is 21.4 Å². The van der Waals surface area contributed by atoms with Crippen molar-refractivity contribution in [3.8, 4) is 0 Å². The number of benzene rings is 2. The average molecular weight is 431 g/mol. The summed E-state index contributed by atoms with van der Waals surface area (Å²) in [5.74, 6) is 0. The first-order chi connectivity index (χ1) is 14.3. The second-order valence-corrected chi connectivity index (χ2v) is 10.6. The largest absolute Gasteiger partial charge is 0.378 e. The van der Waals surface area contributed by atoms with Crippen LogP contribution < -0.4 is 14.5 Å². The molecule has 0 amide bonds. The van der Waals surface area contributed by atoms with Gasteiger partial charge in [0, 0.05) is 64.2 Å². The summed E-state index contributed by atoms with van der Waals surface area (Å²) in [6.07, 6.45) is 0. The molecule has 1 saturated heterocycles. The molecule has 1 atom stereocenters. The maximum absolute atomic E-state index is 12.4. The Hall–Kier alpha value is -2.09. The van der Waals surface area contributed by atoms with E-state index in [1.54, 1.807) is 13.8 Å². The molecule has 7 heteroatoms. The number of hydrogen-bond acceptors (Lipinski definition) is 5. The van der Waals surface area contributed by atoms with Crippen molar-refractivity contribution in [3.05, 3.63) is 60.2 Å². The third-order valence-corrected chi connectivity index (χ3v) is 7.58. The first-order valence-corrected chi connectivity index (χ1v) is 12.1. The predicted molar refractivity (Wildman–Crippen MR) is 126 cm³/mol. The van der Waals surface area contributed by atoms with Gasteiger partial charge in [-0.1, -0.05) is 30.3 Å². The van der Waals surface area contributed by atoms with Crippen LogP contribution >= 0.6 is 0 Å². The molecule has 1 unspecified atom stereocenters. The lowest BCUT2D eigenvalue weighted by atomic mass is 10.0. The second kappa shape index (κ2) is 9.81. The number of piperazine rings is 1. The summed E-state index contributed by atoms with van der Waals surface area (Å²) in [4.78, 5) is 6.85. The predicted octanol–water partition coefficient (Wildman–Crippen LogP) is 2.94. The van der Waals surface area contributed by atoms with Crippen LogP contribution in [0.4, 0.5) is 11.4 Å². The molecule has 1 fully saturated rings. The van der Waals surface area contributed by atoms with Gasteiger partial charge in [0.05, 0.1) is 5.25 Å². The zero-order valence-electron chi connectivity index (χ0n) is 18.5. The number of nitrogens with zero attached hydrogens (tertiary/aromatic N) is 3. The Morgan fingerprint density at radius 2 is 1.53 bits per heavy atom. The van der Waals surface area contributed by atoms with Crippen LogP contribution in [0.3, 0.4) is 0 Å². The summed E-state index contributed by atoms with van der Waals surface area (Å²) >= 11 is 0. The highest BCUT2D eigenvalue weighted by atomic mass is 32.2. The molecule has 30 heavy (non-hydrogen) atoms. The Morgan fingerprint density at radius 3 is 2.07 bits per heavy atom. The van der Waals surface area contributed by atoms with E-state index in [0.29, 0.717) is 6.54 Å². The number of sulfonamides is 1. The summed E-state index contributed by atoms with van der Waals surface area (Å²) in [5.41, 5.74) is 3.51. The van der Waals surface area contributed by atoms with Gasteiger partial charge in [-0.2, -0.15) is 0 Å². The van der Waals surface area contributed by atoms with Crippen LogP contribution in [0.2, 0.25) is 0 Å². The Morgan fingerprint density at radius 1 is 0.933 bits per heavy atom. The van der Waals surface area contributed by atoms with Gasteiger partial charge in [0.1, 0.15) is 0 Å². The van der Waals surface area contributed by atoms with Crippen molar-refractivity contribution in [1.82, 2.24) is 9.62 Å². The van der Waals surface area contributed by atoms with E-state index in [9.17, 15) is 8.42 Å². The average Bonchev–Trinajstić information content (AvgIpc) is 2.75. The molecule has 164 valence electrons. The van der Waals surface area contributed by atoms with Crippen molar-refractivity contribution in [2.24, 2.45) is 0 Å². The Kier molecular flexibility index (Phi) is 7.39. The molecule has 6 nitrogen and oxygen atoms in total. The molecule has 2 aromatic rings. The topological polar surface area (TPSA) is 55.9 Å². The quantitative estimate of drug-likeness (QED) is 0.698. The second-order valence-electron chi connectivity index (χ2n) is 8.30. The highest BCUT2D eigenvalue weighted by Crippen LogP contribution is 2.26. The standard InChI is InChI=1S/C23H34N4O2S/c1-19(2)30(28,29)24-18-23(20-10-12-21(13-11-20)25(3)4)27-16-14-26(15-17-27)22-8-6-5-7-9-22/h5-13,19,23-24H,14-18H2,1-4H3. The monoisotopic (exact) mass is 430 g/mol. The minimum absolute atomic E-state index is 0.00709. The zero-order valence-corrected chi connectivity index (χ0v) is 19.3. The fraction of sp³-hybridized carbons (Fsp3) is 0.478. The summed E-state index contributed by atoms with van der Waals surface area (Å²) < 4.78 is 27.6.